The molecule has 13 nitrogen and oxygen atoms in total. The molecule has 7 rings (SSSR count). The lowest BCUT2D eigenvalue weighted by Crippen LogP contribution is -2.62. The van der Waals surface area contributed by atoms with Crippen molar-refractivity contribution in [2.45, 2.75) is 88.0 Å². The number of ether oxygens (including phenoxy) is 3. The first-order valence-electron chi connectivity index (χ1n) is 17.5. The Morgan fingerprint density at radius 1 is 1.14 bits per heavy atom. The van der Waals surface area contributed by atoms with Crippen molar-refractivity contribution >= 4 is 21.7 Å². The van der Waals surface area contributed by atoms with Gasteiger partial charge in [0, 0.05) is 43.6 Å². The van der Waals surface area contributed by atoms with E-state index in [4.69, 9.17) is 14.2 Å². The summed E-state index contributed by atoms with van der Waals surface area (Å²) < 4.78 is 59.5. The number of benzene rings is 1. The molecule has 2 N–H and O–H groups in total. The number of anilines is 1. The van der Waals surface area contributed by atoms with E-state index in [1.54, 1.807) is 11.1 Å². The van der Waals surface area contributed by atoms with E-state index in [2.05, 4.69) is 24.5 Å². The molecule has 5 fully saturated rings. The van der Waals surface area contributed by atoms with Gasteiger partial charge in [0.05, 0.1) is 42.8 Å². The molecule has 1 aromatic carbocycles. The van der Waals surface area contributed by atoms with Crippen molar-refractivity contribution in [1.82, 2.24) is 24.5 Å². The van der Waals surface area contributed by atoms with E-state index in [1.807, 2.05) is 13.8 Å². The summed E-state index contributed by atoms with van der Waals surface area (Å²) in [6.45, 7) is 8.63. The number of rotatable bonds is 11. The van der Waals surface area contributed by atoms with Crippen molar-refractivity contribution in [3.05, 3.63) is 42.1 Å². The topological polar surface area (TPSA) is 147 Å². The maximum Gasteiger partial charge on any atom is 0.258 e. The minimum Gasteiger partial charge on any atom is -0.451 e. The third-order valence-electron chi connectivity index (χ3n) is 10.6. The fraction of sp³-hybridized carbons (Fsp3) is 0.676. The molecule has 1 amide bonds. The fourth-order valence-electron chi connectivity index (χ4n) is 7.70. The van der Waals surface area contributed by atoms with E-state index in [9.17, 15) is 22.7 Å². The summed E-state index contributed by atoms with van der Waals surface area (Å²) in [5, 5.41) is 10.9. The van der Waals surface area contributed by atoms with Crippen LogP contribution in [0.4, 0.5) is 10.2 Å². The zero-order chi connectivity index (χ0) is 34.4. The quantitative estimate of drug-likeness (QED) is 0.357. The minimum absolute atomic E-state index is 0.0894. The maximum atomic E-state index is 14.5. The molecule has 1 saturated carbocycles. The Labute approximate surface area is 287 Å². The highest BCUT2D eigenvalue weighted by atomic mass is 32.2. The zero-order valence-corrected chi connectivity index (χ0v) is 29.0. The van der Waals surface area contributed by atoms with E-state index in [-0.39, 0.29) is 52.6 Å². The highest BCUT2D eigenvalue weighted by molar-refractivity contribution is 7.90. The maximum absolute atomic E-state index is 14.5. The molecule has 1 aliphatic carbocycles. The second-order valence-electron chi connectivity index (χ2n) is 14.8. The number of sulfonamides is 1. The number of hydrogen-bond donors (Lipinski definition) is 2. The van der Waals surface area contributed by atoms with E-state index in [1.165, 1.54) is 24.5 Å². The van der Waals surface area contributed by atoms with Gasteiger partial charge in [0.1, 0.15) is 17.9 Å². The Kier molecular flexibility index (Phi) is 9.60. The average molecular weight is 703 g/mol. The SMILES string of the molecule is CC(C)N(C(=O)c1cc(F)ccc1Oc1cncnc1N1CC2(CCN(C[C@@]3(O)CC[C@@H](NS(=O)(=O)C4CC4)CO3)CC2)C1)[C@@H]1CCOC1. The molecule has 0 bridgehead atoms. The van der Waals surface area contributed by atoms with Gasteiger partial charge in [0.2, 0.25) is 10.0 Å². The number of aromatic nitrogens is 2. The molecular formula is C34H47FN6O7S. The van der Waals surface area contributed by atoms with Gasteiger partial charge in [-0.3, -0.25) is 9.69 Å². The minimum atomic E-state index is -3.29. The monoisotopic (exact) mass is 702 g/mol. The van der Waals surface area contributed by atoms with E-state index >= 15 is 0 Å². The van der Waals surface area contributed by atoms with Crippen LogP contribution in [0.1, 0.15) is 69.2 Å². The number of halogens is 1. The van der Waals surface area contributed by atoms with Crippen LogP contribution in [0.5, 0.6) is 11.5 Å². The smallest absolute Gasteiger partial charge is 0.258 e. The van der Waals surface area contributed by atoms with Gasteiger partial charge in [0.25, 0.3) is 5.91 Å². The largest absolute Gasteiger partial charge is 0.451 e. The molecule has 4 saturated heterocycles. The first-order chi connectivity index (χ1) is 23.4. The Bertz CT molecular complexity index is 1610. The summed E-state index contributed by atoms with van der Waals surface area (Å²) in [5.41, 5.74) is 0.237. The van der Waals surface area contributed by atoms with Crippen molar-refractivity contribution in [2.75, 3.05) is 57.4 Å². The van der Waals surface area contributed by atoms with Gasteiger partial charge >= 0.3 is 0 Å². The zero-order valence-electron chi connectivity index (χ0n) is 28.2. The van der Waals surface area contributed by atoms with E-state index < -0.39 is 21.6 Å². The van der Waals surface area contributed by atoms with Crippen molar-refractivity contribution < 1.29 is 36.9 Å². The van der Waals surface area contributed by atoms with Crippen molar-refractivity contribution in [2.24, 2.45) is 5.41 Å². The summed E-state index contributed by atoms with van der Waals surface area (Å²) >= 11 is 0. The molecule has 5 heterocycles. The molecule has 0 unspecified atom stereocenters. The Morgan fingerprint density at radius 3 is 2.57 bits per heavy atom. The van der Waals surface area contributed by atoms with Crippen LogP contribution in [-0.4, -0.2) is 121 Å². The second kappa shape index (κ2) is 13.6. The van der Waals surface area contributed by atoms with Crippen molar-refractivity contribution in [3.63, 3.8) is 0 Å². The van der Waals surface area contributed by atoms with E-state index in [0.717, 1.165) is 45.4 Å². The normalized spacial score (nSPS) is 27.3. The fourth-order valence-corrected chi connectivity index (χ4v) is 9.30. The van der Waals surface area contributed by atoms with Crippen LogP contribution in [0, 0.1) is 11.2 Å². The van der Waals surface area contributed by atoms with E-state index in [0.29, 0.717) is 57.0 Å². The Hall–Kier alpha value is -2.95. The lowest BCUT2D eigenvalue weighted by Gasteiger charge is -2.55. The van der Waals surface area contributed by atoms with Gasteiger partial charge in [-0.25, -0.2) is 27.5 Å². The molecule has 268 valence electrons. The number of amides is 1. The number of nitrogens with one attached hydrogen (secondary N) is 1. The van der Waals surface area contributed by atoms with Gasteiger partial charge in [-0.15, -0.1) is 0 Å². The highest BCUT2D eigenvalue weighted by Crippen LogP contribution is 2.45. The predicted octanol–water partition coefficient (Wildman–Crippen LogP) is 2.90. The summed E-state index contributed by atoms with van der Waals surface area (Å²) in [4.78, 5) is 28.7. The molecule has 2 aromatic rings. The first-order valence-corrected chi connectivity index (χ1v) is 19.0. The molecule has 15 heteroatoms. The van der Waals surface area contributed by atoms with Crippen molar-refractivity contribution in [3.8, 4) is 11.5 Å². The second-order valence-corrected chi connectivity index (χ2v) is 16.8. The standard InChI is InChI=1S/C34H47FN6O7S/c1-23(2)41(26-8-14-46-18-26)32(42)28-15-24(35)3-6-29(28)48-30-16-36-22-37-31(30)40-19-33(20-40)10-12-39(13-11-33)21-34(43)9-7-25(17-47-34)38-49(44,45)27-4-5-27/h3,6,15-16,22-23,25-27,38,43H,4-5,7-14,17-21H2,1-2H3/t25-,26-,34-/m1/s1. The number of carbonyl (C=O) groups excluding carboxylic acids is 1. The average Bonchev–Trinajstić information content (AvgIpc) is 3.80. The van der Waals surface area contributed by atoms with Gasteiger partial charge in [-0.2, -0.15) is 0 Å². The molecule has 4 aliphatic heterocycles. The number of likely N-dealkylation sites (tertiary alicyclic amines) is 1. The van der Waals surface area contributed by atoms with Gasteiger partial charge in [0.15, 0.2) is 17.4 Å². The molecular weight excluding hydrogens is 655 g/mol. The first kappa shape index (κ1) is 34.5. The van der Waals surface area contributed by atoms with Crippen LogP contribution in [0.25, 0.3) is 0 Å². The van der Waals surface area contributed by atoms with Crippen LogP contribution in [0.15, 0.2) is 30.7 Å². The number of β-amino-alcohol motifs (C(OH)–C–C–N with tert-alkyl or cyclic N) is 1. The van der Waals surface area contributed by atoms with Crippen LogP contribution in [-0.2, 0) is 19.5 Å². The van der Waals surface area contributed by atoms with Gasteiger partial charge in [-0.05, 0) is 83.7 Å². The third kappa shape index (κ3) is 7.57. The van der Waals surface area contributed by atoms with Crippen LogP contribution < -0.4 is 14.4 Å². The number of piperidine rings is 1. The molecule has 5 aliphatic rings. The molecule has 49 heavy (non-hydrogen) atoms. The Morgan fingerprint density at radius 2 is 1.92 bits per heavy atom. The molecule has 0 radical (unpaired) electrons. The van der Waals surface area contributed by atoms with Crippen LogP contribution in [0.2, 0.25) is 0 Å². The molecule has 1 aromatic heterocycles. The van der Waals surface area contributed by atoms with Gasteiger partial charge < -0.3 is 29.1 Å². The summed E-state index contributed by atoms with van der Waals surface area (Å²) in [6.07, 6.45) is 7.99. The Balaban J connectivity index is 0.949. The van der Waals surface area contributed by atoms with Crippen LogP contribution >= 0.6 is 0 Å². The van der Waals surface area contributed by atoms with Gasteiger partial charge in [-0.1, -0.05) is 0 Å². The summed E-state index contributed by atoms with van der Waals surface area (Å²) in [7, 11) is -3.29. The lowest BCUT2D eigenvalue weighted by molar-refractivity contribution is -0.239. The predicted molar refractivity (Wildman–Crippen MR) is 178 cm³/mol. The third-order valence-corrected chi connectivity index (χ3v) is 12.6. The summed E-state index contributed by atoms with van der Waals surface area (Å²) in [6, 6.07) is 3.48. The number of aliphatic hydroxyl groups is 1. The van der Waals surface area contributed by atoms with Crippen LogP contribution in [0.3, 0.4) is 0 Å². The number of carbonyl (C=O) groups is 1. The highest BCUT2D eigenvalue weighted by Gasteiger charge is 2.48. The summed E-state index contributed by atoms with van der Waals surface area (Å²) in [5.74, 6) is -0.870. The molecule has 1 spiro atoms. The molecule has 3 atom stereocenters. The lowest BCUT2D eigenvalue weighted by atomic mass is 9.72. The number of hydrogen-bond acceptors (Lipinski definition) is 11. The van der Waals surface area contributed by atoms with Crippen molar-refractivity contribution in [1.29, 1.82) is 0 Å². The number of nitrogens with zero attached hydrogens (tertiary/aromatic N) is 5.